The number of rotatable bonds is 2. The summed E-state index contributed by atoms with van der Waals surface area (Å²) in [5.74, 6) is -0.518. The molecular weight excluding hydrogens is 270 g/mol. The molecule has 0 amide bonds. The first-order valence-corrected chi connectivity index (χ1v) is 7.19. The lowest BCUT2D eigenvalue weighted by Gasteiger charge is -2.35. The second-order valence-electron chi connectivity index (χ2n) is 4.64. The molecule has 8 heteroatoms. The smallest absolute Gasteiger partial charge is 0.408 e. The minimum atomic E-state index is -3.55. The summed E-state index contributed by atoms with van der Waals surface area (Å²) in [6.45, 7) is 0.637. The van der Waals surface area contributed by atoms with Crippen LogP contribution in [0.15, 0.2) is 32.3 Å². The van der Waals surface area contributed by atoms with E-state index in [4.69, 9.17) is 10.2 Å². The van der Waals surface area contributed by atoms with E-state index in [9.17, 15) is 13.2 Å². The molecule has 0 bridgehead atoms. The molecule has 1 saturated heterocycles. The Morgan fingerprint density at radius 1 is 1.37 bits per heavy atom. The zero-order valence-corrected chi connectivity index (χ0v) is 11.1. The molecule has 3 rings (SSSR count). The Labute approximate surface area is 109 Å². The maximum atomic E-state index is 12.2. The SMILES string of the molecule is Cn1c(=O)oc2cc(S(=O)(=O)N3CC(N)C3)ccc21. The molecule has 1 aliphatic rings. The van der Waals surface area contributed by atoms with Crippen LogP contribution in [0, 0.1) is 0 Å². The van der Waals surface area contributed by atoms with Crippen molar-refractivity contribution in [3.8, 4) is 0 Å². The number of hydrogen-bond acceptors (Lipinski definition) is 5. The first-order valence-electron chi connectivity index (χ1n) is 5.75. The van der Waals surface area contributed by atoms with Crippen LogP contribution in [0.2, 0.25) is 0 Å². The van der Waals surface area contributed by atoms with Gasteiger partial charge >= 0.3 is 5.76 Å². The average Bonchev–Trinajstić information content (AvgIpc) is 2.61. The predicted molar refractivity (Wildman–Crippen MR) is 68.2 cm³/mol. The van der Waals surface area contributed by atoms with Gasteiger partial charge in [0.15, 0.2) is 5.58 Å². The quantitative estimate of drug-likeness (QED) is 0.798. The van der Waals surface area contributed by atoms with Crippen LogP contribution in [-0.2, 0) is 17.1 Å². The number of nitrogens with zero attached hydrogens (tertiary/aromatic N) is 2. The predicted octanol–water partition coefficient (Wildman–Crippen LogP) is -0.537. The fourth-order valence-electron chi connectivity index (χ4n) is 2.09. The Hall–Kier alpha value is -1.64. The summed E-state index contributed by atoms with van der Waals surface area (Å²) in [7, 11) is -1.98. The van der Waals surface area contributed by atoms with E-state index in [1.165, 1.54) is 21.0 Å². The maximum absolute atomic E-state index is 12.2. The maximum Gasteiger partial charge on any atom is 0.419 e. The van der Waals surface area contributed by atoms with Gasteiger partial charge in [-0.15, -0.1) is 0 Å². The van der Waals surface area contributed by atoms with E-state index in [-0.39, 0.29) is 16.5 Å². The molecular formula is C11H13N3O4S. The molecule has 2 N–H and O–H groups in total. The first-order chi connectivity index (χ1) is 8.89. The van der Waals surface area contributed by atoms with Crippen molar-refractivity contribution in [2.24, 2.45) is 12.8 Å². The zero-order valence-electron chi connectivity index (χ0n) is 10.2. The fourth-order valence-corrected chi connectivity index (χ4v) is 3.66. The number of benzene rings is 1. The molecule has 0 spiro atoms. The molecule has 1 aromatic carbocycles. The van der Waals surface area contributed by atoms with Gasteiger partial charge in [0.2, 0.25) is 10.0 Å². The van der Waals surface area contributed by atoms with Gasteiger partial charge in [-0.25, -0.2) is 13.2 Å². The molecule has 0 aliphatic carbocycles. The van der Waals surface area contributed by atoms with Crippen molar-refractivity contribution in [2.75, 3.05) is 13.1 Å². The Morgan fingerprint density at radius 3 is 2.68 bits per heavy atom. The van der Waals surface area contributed by atoms with E-state index in [2.05, 4.69) is 0 Å². The summed E-state index contributed by atoms with van der Waals surface area (Å²) in [5, 5.41) is 0. The van der Waals surface area contributed by atoms with Crippen LogP contribution in [-0.4, -0.2) is 36.4 Å². The molecule has 1 fully saturated rings. The number of hydrogen-bond donors (Lipinski definition) is 1. The number of aromatic nitrogens is 1. The first kappa shape index (κ1) is 12.4. The van der Waals surface area contributed by atoms with Crippen molar-refractivity contribution in [3.05, 3.63) is 28.7 Å². The van der Waals surface area contributed by atoms with Crippen LogP contribution in [0.25, 0.3) is 11.1 Å². The lowest BCUT2D eigenvalue weighted by molar-refractivity contribution is 0.265. The number of fused-ring (bicyclic) bond motifs is 1. The van der Waals surface area contributed by atoms with Crippen molar-refractivity contribution >= 4 is 21.1 Å². The number of oxazole rings is 1. The summed E-state index contributed by atoms with van der Waals surface area (Å²) in [6, 6.07) is 4.30. The number of aryl methyl sites for hydroxylation is 1. The third-order valence-corrected chi connectivity index (χ3v) is 5.11. The monoisotopic (exact) mass is 283 g/mol. The molecule has 0 saturated carbocycles. The normalized spacial score (nSPS) is 17.8. The van der Waals surface area contributed by atoms with Crippen LogP contribution in [0.4, 0.5) is 0 Å². The molecule has 7 nitrogen and oxygen atoms in total. The molecule has 0 radical (unpaired) electrons. The highest BCUT2D eigenvalue weighted by Gasteiger charge is 2.34. The van der Waals surface area contributed by atoms with Crippen LogP contribution < -0.4 is 11.5 Å². The van der Waals surface area contributed by atoms with Gasteiger partial charge in [-0.3, -0.25) is 4.57 Å². The Balaban J connectivity index is 2.09. The Bertz CT molecular complexity index is 799. The highest BCUT2D eigenvalue weighted by molar-refractivity contribution is 7.89. The van der Waals surface area contributed by atoms with Crippen LogP contribution in [0.3, 0.4) is 0 Å². The van der Waals surface area contributed by atoms with Crippen molar-refractivity contribution in [1.82, 2.24) is 8.87 Å². The van der Waals surface area contributed by atoms with Gasteiger partial charge in [-0.1, -0.05) is 0 Å². The van der Waals surface area contributed by atoms with Crippen molar-refractivity contribution in [1.29, 1.82) is 0 Å². The van der Waals surface area contributed by atoms with Crippen LogP contribution in [0.5, 0.6) is 0 Å². The van der Waals surface area contributed by atoms with Gasteiger partial charge in [-0.2, -0.15) is 4.31 Å². The van der Waals surface area contributed by atoms with Gasteiger partial charge in [0.25, 0.3) is 0 Å². The van der Waals surface area contributed by atoms with Gasteiger partial charge in [0, 0.05) is 32.2 Å². The van der Waals surface area contributed by atoms with E-state index in [0.717, 1.165) is 0 Å². The van der Waals surface area contributed by atoms with Crippen LogP contribution in [0.1, 0.15) is 0 Å². The van der Waals surface area contributed by atoms with E-state index in [0.29, 0.717) is 18.6 Å². The second-order valence-corrected chi connectivity index (χ2v) is 6.58. The summed E-state index contributed by atoms with van der Waals surface area (Å²) < 4.78 is 32.1. The van der Waals surface area contributed by atoms with Crippen molar-refractivity contribution < 1.29 is 12.8 Å². The van der Waals surface area contributed by atoms with E-state index >= 15 is 0 Å². The summed E-state index contributed by atoms with van der Waals surface area (Å²) >= 11 is 0. The Kier molecular flexibility index (Phi) is 2.56. The highest BCUT2D eigenvalue weighted by Crippen LogP contribution is 2.24. The van der Waals surface area contributed by atoms with Gasteiger partial charge in [-0.05, 0) is 12.1 Å². The van der Waals surface area contributed by atoms with E-state index < -0.39 is 15.8 Å². The second kappa shape index (κ2) is 3.92. The minimum absolute atomic E-state index is 0.104. The number of nitrogens with two attached hydrogens (primary N) is 1. The third kappa shape index (κ3) is 1.79. The summed E-state index contributed by atoms with van der Waals surface area (Å²) in [4.78, 5) is 11.5. The summed E-state index contributed by atoms with van der Waals surface area (Å²) in [5.41, 5.74) is 6.41. The topological polar surface area (TPSA) is 98.5 Å². The van der Waals surface area contributed by atoms with Crippen molar-refractivity contribution in [2.45, 2.75) is 10.9 Å². The molecule has 2 heterocycles. The molecule has 102 valence electrons. The van der Waals surface area contributed by atoms with E-state index in [1.54, 1.807) is 13.1 Å². The Morgan fingerprint density at radius 2 is 2.05 bits per heavy atom. The molecule has 19 heavy (non-hydrogen) atoms. The summed E-state index contributed by atoms with van der Waals surface area (Å²) in [6.07, 6.45) is 0. The minimum Gasteiger partial charge on any atom is -0.408 e. The highest BCUT2D eigenvalue weighted by atomic mass is 32.2. The third-order valence-electron chi connectivity index (χ3n) is 3.28. The molecule has 2 aromatic rings. The average molecular weight is 283 g/mol. The number of sulfonamides is 1. The molecule has 0 atom stereocenters. The fraction of sp³-hybridized carbons (Fsp3) is 0.364. The molecule has 1 aliphatic heterocycles. The molecule has 0 unspecified atom stereocenters. The zero-order chi connectivity index (χ0) is 13.8. The van der Waals surface area contributed by atoms with Crippen LogP contribution >= 0.6 is 0 Å². The van der Waals surface area contributed by atoms with Gasteiger partial charge in [0.05, 0.1) is 10.4 Å². The lowest BCUT2D eigenvalue weighted by atomic mass is 10.2. The molecule has 1 aromatic heterocycles. The van der Waals surface area contributed by atoms with E-state index in [1.807, 2.05) is 0 Å². The largest absolute Gasteiger partial charge is 0.419 e. The van der Waals surface area contributed by atoms with Gasteiger partial charge in [0.1, 0.15) is 0 Å². The lowest BCUT2D eigenvalue weighted by Crippen LogP contribution is -2.57. The standard InChI is InChI=1S/C11H13N3O4S/c1-13-9-3-2-8(4-10(9)18-11(13)15)19(16,17)14-5-7(12)6-14/h2-4,7H,5-6,12H2,1H3. The van der Waals surface area contributed by atoms with Gasteiger partial charge < -0.3 is 10.2 Å². The van der Waals surface area contributed by atoms with Crippen molar-refractivity contribution in [3.63, 3.8) is 0 Å².